The van der Waals surface area contributed by atoms with E-state index < -0.39 is 11.7 Å². The number of ether oxygens (including phenoxy) is 1. The lowest BCUT2D eigenvalue weighted by Gasteiger charge is -2.15. The minimum absolute atomic E-state index is 0.335. The van der Waals surface area contributed by atoms with Gasteiger partial charge in [-0.15, -0.1) is 0 Å². The summed E-state index contributed by atoms with van der Waals surface area (Å²) in [6.07, 6.45) is -0.755. The van der Waals surface area contributed by atoms with Crippen molar-refractivity contribution < 1.29 is 13.9 Å². The molecule has 1 amide bonds. The molecule has 3 rings (SSSR count). The first-order valence-electron chi connectivity index (χ1n) is 7.29. The summed E-state index contributed by atoms with van der Waals surface area (Å²) in [5.74, 6) is 0.0939. The summed E-state index contributed by atoms with van der Waals surface area (Å²) in [5, 5.41) is 3.93. The van der Waals surface area contributed by atoms with Crippen LogP contribution in [-0.2, 0) is 4.79 Å². The smallest absolute Gasteiger partial charge is 0.336 e. The molecule has 0 aliphatic heterocycles. The Kier molecular flexibility index (Phi) is 4.53. The molecule has 1 atom stereocenters. The Morgan fingerprint density at radius 3 is 2.71 bits per heavy atom. The fourth-order valence-electron chi connectivity index (χ4n) is 2.17. The number of para-hydroxylation sites is 1. The molecule has 2 aromatic carbocycles. The Bertz CT molecular complexity index is 951. The van der Waals surface area contributed by atoms with Crippen molar-refractivity contribution in [3.63, 3.8) is 0 Å². The standard InChI is InChI=1S/C18H14ClNO4/c1-11(18(22)20-15-5-3-2-4-14(15)19)23-13-8-6-12-7-9-17(21)24-16(12)10-13/h2-11H,1H3,(H,20,22)/t11-/m1/s1. The first-order chi connectivity index (χ1) is 11.5. The van der Waals surface area contributed by atoms with E-state index in [1.165, 1.54) is 6.07 Å². The van der Waals surface area contributed by atoms with Crippen molar-refractivity contribution in [1.29, 1.82) is 0 Å². The fraction of sp³-hybridized carbons (Fsp3) is 0.111. The number of anilines is 1. The second kappa shape index (κ2) is 6.76. The maximum atomic E-state index is 12.2. The van der Waals surface area contributed by atoms with Crippen molar-refractivity contribution in [2.75, 3.05) is 5.32 Å². The highest BCUT2D eigenvalue weighted by molar-refractivity contribution is 6.33. The number of hydrogen-bond donors (Lipinski definition) is 1. The Labute approximate surface area is 142 Å². The number of benzene rings is 2. The minimum atomic E-state index is -0.755. The van der Waals surface area contributed by atoms with Crippen molar-refractivity contribution in [1.82, 2.24) is 0 Å². The summed E-state index contributed by atoms with van der Waals surface area (Å²) in [7, 11) is 0. The van der Waals surface area contributed by atoms with Gasteiger partial charge in [-0.2, -0.15) is 0 Å². The van der Waals surface area contributed by atoms with Gasteiger partial charge in [0.05, 0.1) is 10.7 Å². The molecule has 5 nitrogen and oxygen atoms in total. The average molecular weight is 344 g/mol. The second-order valence-electron chi connectivity index (χ2n) is 5.18. The zero-order chi connectivity index (χ0) is 17.1. The number of hydrogen-bond acceptors (Lipinski definition) is 4. The lowest BCUT2D eigenvalue weighted by atomic mass is 10.2. The van der Waals surface area contributed by atoms with E-state index in [0.29, 0.717) is 22.0 Å². The minimum Gasteiger partial charge on any atom is -0.481 e. The van der Waals surface area contributed by atoms with Crippen LogP contribution in [0.5, 0.6) is 5.75 Å². The van der Waals surface area contributed by atoms with Crippen molar-refractivity contribution in [3.05, 3.63) is 70.0 Å². The van der Waals surface area contributed by atoms with E-state index >= 15 is 0 Å². The summed E-state index contributed by atoms with van der Waals surface area (Å²) in [4.78, 5) is 23.5. The van der Waals surface area contributed by atoms with Gasteiger partial charge < -0.3 is 14.5 Å². The molecule has 1 aromatic heterocycles. The molecular weight excluding hydrogens is 330 g/mol. The van der Waals surface area contributed by atoms with Crippen LogP contribution in [-0.4, -0.2) is 12.0 Å². The highest BCUT2D eigenvalue weighted by Crippen LogP contribution is 2.22. The third kappa shape index (κ3) is 3.58. The van der Waals surface area contributed by atoms with E-state index in [2.05, 4.69) is 5.32 Å². The number of carbonyl (C=O) groups excluding carboxylic acids is 1. The highest BCUT2D eigenvalue weighted by atomic mass is 35.5. The molecule has 1 heterocycles. The molecular formula is C18H14ClNO4. The summed E-state index contributed by atoms with van der Waals surface area (Å²) in [6.45, 7) is 1.62. The van der Waals surface area contributed by atoms with Gasteiger partial charge in [0.1, 0.15) is 11.3 Å². The molecule has 0 radical (unpaired) electrons. The second-order valence-corrected chi connectivity index (χ2v) is 5.59. The Hall–Kier alpha value is -2.79. The molecule has 0 saturated carbocycles. The van der Waals surface area contributed by atoms with Gasteiger partial charge in [-0.05, 0) is 37.3 Å². The first-order valence-corrected chi connectivity index (χ1v) is 7.67. The molecule has 0 saturated heterocycles. The molecule has 0 spiro atoms. The van der Waals surface area contributed by atoms with Crippen LogP contribution in [0.3, 0.4) is 0 Å². The molecule has 24 heavy (non-hydrogen) atoms. The maximum Gasteiger partial charge on any atom is 0.336 e. The normalized spacial score (nSPS) is 11.9. The number of rotatable bonds is 4. The number of halogens is 1. The van der Waals surface area contributed by atoms with E-state index in [9.17, 15) is 9.59 Å². The number of fused-ring (bicyclic) bond motifs is 1. The van der Waals surface area contributed by atoms with Crippen molar-refractivity contribution in [2.45, 2.75) is 13.0 Å². The summed E-state index contributed by atoms with van der Waals surface area (Å²) in [5.41, 5.74) is 0.479. The van der Waals surface area contributed by atoms with E-state index in [1.54, 1.807) is 55.5 Å². The van der Waals surface area contributed by atoms with Gasteiger partial charge in [-0.25, -0.2) is 4.79 Å². The monoisotopic (exact) mass is 343 g/mol. The SMILES string of the molecule is C[C@@H](Oc1ccc2ccc(=O)oc2c1)C(=O)Nc1ccccc1Cl. The Balaban J connectivity index is 1.74. The lowest BCUT2D eigenvalue weighted by Crippen LogP contribution is -2.30. The van der Waals surface area contributed by atoms with Gasteiger partial charge in [0.25, 0.3) is 5.91 Å². The van der Waals surface area contributed by atoms with E-state index in [0.717, 1.165) is 5.39 Å². The molecule has 0 fully saturated rings. The van der Waals surface area contributed by atoms with Crippen LogP contribution in [0.15, 0.2) is 63.8 Å². The van der Waals surface area contributed by atoms with Gasteiger partial charge in [-0.3, -0.25) is 4.79 Å². The number of nitrogens with one attached hydrogen (secondary N) is 1. The third-order valence-corrected chi connectivity index (χ3v) is 3.74. The van der Waals surface area contributed by atoms with E-state index in [4.69, 9.17) is 20.8 Å². The Morgan fingerprint density at radius 1 is 1.17 bits per heavy atom. The van der Waals surface area contributed by atoms with Gasteiger partial charge >= 0.3 is 5.63 Å². The molecule has 0 unspecified atom stereocenters. The third-order valence-electron chi connectivity index (χ3n) is 3.41. The van der Waals surface area contributed by atoms with E-state index in [-0.39, 0.29) is 5.91 Å². The zero-order valence-corrected chi connectivity index (χ0v) is 13.5. The molecule has 0 bridgehead atoms. The van der Waals surface area contributed by atoms with Crippen molar-refractivity contribution >= 4 is 34.2 Å². The molecule has 6 heteroatoms. The summed E-state index contributed by atoms with van der Waals surface area (Å²) in [6, 6.07) is 15.0. The van der Waals surface area contributed by atoms with Crippen molar-refractivity contribution in [2.24, 2.45) is 0 Å². The first kappa shape index (κ1) is 16.1. The predicted octanol–water partition coefficient (Wildman–Crippen LogP) is 3.85. The highest BCUT2D eigenvalue weighted by Gasteiger charge is 2.16. The summed E-state index contributed by atoms with van der Waals surface area (Å²) < 4.78 is 10.7. The number of carbonyl (C=O) groups is 1. The molecule has 3 aromatic rings. The van der Waals surface area contributed by atoms with Gasteiger partial charge in [0.15, 0.2) is 6.10 Å². The maximum absolute atomic E-state index is 12.2. The Morgan fingerprint density at radius 2 is 1.92 bits per heavy atom. The van der Waals surface area contributed by atoms with Crippen LogP contribution < -0.4 is 15.7 Å². The van der Waals surface area contributed by atoms with Crippen molar-refractivity contribution in [3.8, 4) is 5.75 Å². The van der Waals surface area contributed by atoms with Gasteiger partial charge in [0, 0.05) is 17.5 Å². The zero-order valence-electron chi connectivity index (χ0n) is 12.8. The lowest BCUT2D eigenvalue weighted by molar-refractivity contribution is -0.122. The van der Waals surface area contributed by atoms with Crippen LogP contribution in [0.1, 0.15) is 6.92 Å². The van der Waals surface area contributed by atoms with Crippen LogP contribution in [0.4, 0.5) is 5.69 Å². The van der Waals surface area contributed by atoms with Crippen LogP contribution in [0, 0.1) is 0 Å². The quantitative estimate of drug-likeness (QED) is 0.730. The average Bonchev–Trinajstić information content (AvgIpc) is 2.56. The molecule has 0 aliphatic rings. The topological polar surface area (TPSA) is 68.5 Å². The van der Waals surface area contributed by atoms with E-state index in [1.807, 2.05) is 0 Å². The predicted molar refractivity (Wildman–Crippen MR) is 92.7 cm³/mol. The molecule has 122 valence electrons. The summed E-state index contributed by atoms with van der Waals surface area (Å²) >= 11 is 6.02. The van der Waals surface area contributed by atoms with Crippen LogP contribution >= 0.6 is 11.6 Å². The largest absolute Gasteiger partial charge is 0.481 e. The fourth-order valence-corrected chi connectivity index (χ4v) is 2.35. The molecule has 0 aliphatic carbocycles. The van der Waals surface area contributed by atoms with Crippen LogP contribution in [0.2, 0.25) is 5.02 Å². The van der Waals surface area contributed by atoms with Gasteiger partial charge in [-0.1, -0.05) is 23.7 Å². The van der Waals surface area contributed by atoms with Crippen LogP contribution in [0.25, 0.3) is 11.0 Å². The molecule has 1 N–H and O–H groups in total. The van der Waals surface area contributed by atoms with Gasteiger partial charge in [0.2, 0.25) is 0 Å². The number of amides is 1.